The van der Waals surface area contributed by atoms with Crippen LogP contribution in [0.4, 0.5) is 0 Å². The highest BCUT2D eigenvalue weighted by Crippen LogP contribution is 2.16. The molecule has 0 spiro atoms. The molecule has 17 heavy (non-hydrogen) atoms. The maximum Gasteiger partial charge on any atom is 0.240 e. The van der Waals surface area contributed by atoms with Crippen LogP contribution in [0.15, 0.2) is 4.52 Å². The van der Waals surface area contributed by atoms with Crippen molar-refractivity contribution in [1.29, 1.82) is 0 Å². The lowest BCUT2D eigenvalue weighted by molar-refractivity contribution is 0.165. The maximum atomic E-state index is 5.75. The molecule has 2 N–H and O–H groups in total. The molecule has 5 nitrogen and oxygen atoms in total. The average Bonchev–Trinajstić information content (AvgIpc) is 2.75. The van der Waals surface area contributed by atoms with Gasteiger partial charge in [-0.05, 0) is 18.5 Å². The molecular weight excluding hydrogens is 216 g/mol. The number of hydrogen-bond acceptors (Lipinski definition) is 5. The van der Waals surface area contributed by atoms with Gasteiger partial charge in [-0.2, -0.15) is 4.98 Å². The molecule has 1 aromatic rings. The normalized spacial score (nSPS) is 12.4. The summed E-state index contributed by atoms with van der Waals surface area (Å²) < 4.78 is 5.20. The van der Waals surface area contributed by atoms with Crippen molar-refractivity contribution in [2.24, 2.45) is 11.1 Å². The summed E-state index contributed by atoms with van der Waals surface area (Å²) in [5, 5.41) is 3.90. The van der Waals surface area contributed by atoms with E-state index in [0.29, 0.717) is 19.0 Å². The molecule has 0 atom stereocenters. The van der Waals surface area contributed by atoms with Crippen LogP contribution in [0.25, 0.3) is 0 Å². The first-order chi connectivity index (χ1) is 8.00. The van der Waals surface area contributed by atoms with Crippen LogP contribution < -0.4 is 5.73 Å². The predicted octanol–water partition coefficient (Wildman–Crippen LogP) is 1.44. The Labute approximate surface area is 103 Å². The smallest absolute Gasteiger partial charge is 0.240 e. The number of hydrogen-bond donors (Lipinski definition) is 1. The zero-order valence-corrected chi connectivity index (χ0v) is 11.4. The molecule has 1 rings (SSSR count). The van der Waals surface area contributed by atoms with Crippen molar-refractivity contribution in [3.05, 3.63) is 11.7 Å². The van der Waals surface area contributed by atoms with Gasteiger partial charge in [0, 0.05) is 13.0 Å². The fraction of sp³-hybridized carbons (Fsp3) is 0.833. The van der Waals surface area contributed by atoms with Gasteiger partial charge < -0.3 is 10.3 Å². The van der Waals surface area contributed by atoms with Gasteiger partial charge in [0.15, 0.2) is 5.82 Å². The molecule has 0 fully saturated rings. The molecule has 1 aromatic heterocycles. The van der Waals surface area contributed by atoms with Crippen molar-refractivity contribution in [1.82, 2.24) is 15.0 Å². The van der Waals surface area contributed by atoms with Crippen LogP contribution in [0.2, 0.25) is 0 Å². The molecule has 0 bridgehead atoms. The van der Waals surface area contributed by atoms with Crippen LogP contribution in [0, 0.1) is 5.41 Å². The Bertz CT molecular complexity index is 335. The Morgan fingerprint density at radius 1 is 1.35 bits per heavy atom. The molecule has 98 valence electrons. The molecule has 0 aromatic carbocycles. The third-order valence-electron chi connectivity index (χ3n) is 2.84. The summed E-state index contributed by atoms with van der Waals surface area (Å²) in [6, 6.07) is 0. The fourth-order valence-corrected chi connectivity index (χ4v) is 1.64. The van der Waals surface area contributed by atoms with E-state index in [1.165, 1.54) is 0 Å². The van der Waals surface area contributed by atoms with E-state index in [0.717, 1.165) is 25.3 Å². The van der Waals surface area contributed by atoms with Crippen LogP contribution in [0.3, 0.4) is 0 Å². The Hall–Kier alpha value is -0.940. The maximum absolute atomic E-state index is 5.75. The summed E-state index contributed by atoms with van der Waals surface area (Å²) in [5.41, 5.74) is 5.86. The molecule has 0 saturated carbocycles. The topological polar surface area (TPSA) is 68.2 Å². The van der Waals surface area contributed by atoms with Gasteiger partial charge in [-0.3, -0.25) is 4.90 Å². The Kier molecular flexibility index (Phi) is 5.08. The van der Waals surface area contributed by atoms with Gasteiger partial charge in [0.05, 0.1) is 6.54 Å². The van der Waals surface area contributed by atoms with E-state index < -0.39 is 0 Å². The Balaban J connectivity index is 2.57. The zero-order chi connectivity index (χ0) is 12.9. The Morgan fingerprint density at radius 2 is 2.06 bits per heavy atom. The minimum absolute atomic E-state index is 0.115. The fourth-order valence-electron chi connectivity index (χ4n) is 1.64. The molecule has 0 amide bonds. The van der Waals surface area contributed by atoms with Gasteiger partial charge >= 0.3 is 0 Å². The lowest BCUT2D eigenvalue weighted by Gasteiger charge is -2.29. The molecule has 5 heteroatoms. The summed E-state index contributed by atoms with van der Waals surface area (Å²) in [5.74, 6) is 1.46. The monoisotopic (exact) mass is 240 g/mol. The highest BCUT2D eigenvalue weighted by Gasteiger charge is 2.20. The molecule has 0 aliphatic carbocycles. The summed E-state index contributed by atoms with van der Waals surface area (Å²) in [6.07, 6.45) is 0.809. The van der Waals surface area contributed by atoms with Crippen LogP contribution in [-0.4, -0.2) is 34.7 Å². The van der Waals surface area contributed by atoms with Crippen molar-refractivity contribution >= 4 is 0 Å². The zero-order valence-electron chi connectivity index (χ0n) is 11.4. The highest BCUT2D eigenvalue weighted by molar-refractivity contribution is 4.86. The van der Waals surface area contributed by atoms with Gasteiger partial charge in [0.2, 0.25) is 5.89 Å². The third-order valence-corrected chi connectivity index (χ3v) is 2.84. The van der Waals surface area contributed by atoms with Gasteiger partial charge in [0.25, 0.3) is 0 Å². The molecule has 0 radical (unpaired) electrons. The lowest BCUT2D eigenvalue weighted by Crippen LogP contribution is -2.38. The van der Waals surface area contributed by atoms with Gasteiger partial charge in [-0.1, -0.05) is 32.9 Å². The van der Waals surface area contributed by atoms with Gasteiger partial charge in [-0.25, -0.2) is 0 Å². The summed E-state index contributed by atoms with van der Waals surface area (Å²) in [7, 11) is 0. The average molecular weight is 240 g/mol. The SMILES string of the molecule is CCc1noc(CN(CC)CC(C)(C)CN)n1. The van der Waals surface area contributed by atoms with E-state index in [1.54, 1.807) is 0 Å². The van der Waals surface area contributed by atoms with E-state index in [9.17, 15) is 0 Å². The number of nitrogens with two attached hydrogens (primary N) is 1. The number of aromatic nitrogens is 2. The standard InChI is InChI=1S/C12H24N4O/c1-5-10-14-11(17-15-10)7-16(6-2)9-12(3,4)8-13/h5-9,13H2,1-4H3. The van der Waals surface area contributed by atoms with E-state index in [-0.39, 0.29) is 5.41 Å². The largest absolute Gasteiger partial charge is 0.338 e. The van der Waals surface area contributed by atoms with Crippen LogP contribution in [0.5, 0.6) is 0 Å². The highest BCUT2D eigenvalue weighted by atomic mass is 16.5. The minimum atomic E-state index is 0.115. The van der Waals surface area contributed by atoms with Crippen LogP contribution in [-0.2, 0) is 13.0 Å². The van der Waals surface area contributed by atoms with Crippen molar-refractivity contribution in [2.75, 3.05) is 19.6 Å². The minimum Gasteiger partial charge on any atom is -0.338 e. The lowest BCUT2D eigenvalue weighted by atomic mass is 9.93. The van der Waals surface area contributed by atoms with Crippen molar-refractivity contribution in [3.8, 4) is 0 Å². The van der Waals surface area contributed by atoms with E-state index >= 15 is 0 Å². The van der Waals surface area contributed by atoms with Gasteiger partial charge in [-0.15, -0.1) is 0 Å². The molecule has 0 unspecified atom stereocenters. The third kappa shape index (κ3) is 4.44. The Morgan fingerprint density at radius 3 is 2.53 bits per heavy atom. The molecule has 0 saturated heterocycles. The van der Waals surface area contributed by atoms with E-state index in [2.05, 4.69) is 35.8 Å². The second-order valence-electron chi connectivity index (χ2n) is 5.13. The number of nitrogens with zero attached hydrogens (tertiary/aromatic N) is 3. The van der Waals surface area contributed by atoms with Crippen molar-refractivity contribution in [2.45, 2.75) is 40.7 Å². The van der Waals surface area contributed by atoms with Crippen molar-refractivity contribution in [3.63, 3.8) is 0 Å². The second kappa shape index (κ2) is 6.12. The number of rotatable bonds is 7. The van der Waals surface area contributed by atoms with Crippen molar-refractivity contribution < 1.29 is 4.52 Å². The molecule has 0 aliphatic heterocycles. The van der Waals surface area contributed by atoms with Crippen LogP contribution >= 0.6 is 0 Å². The predicted molar refractivity (Wildman–Crippen MR) is 67.5 cm³/mol. The molecule has 0 aliphatic rings. The van der Waals surface area contributed by atoms with E-state index in [4.69, 9.17) is 10.3 Å². The summed E-state index contributed by atoms with van der Waals surface area (Å²) in [4.78, 5) is 6.60. The molecular formula is C12H24N4O. The molecule has 1 heterocycles. The number of aryl methyl sites for hydroxylation is 1. The van der Waals surface area contributed by atoms with Gasteiger partial charge in [0.1, 0.15) is 0 Å². The van der Waals surface area contributed by atoms with E-state index in [1.807, 2.05) is 6.92 Å². The first-order valence-corrected chi connectivity index (χ1v) is 6.24. The quantitative estimate of drug-likeness (QED) is 0.781. The second-order valence-corrected chi connectivity index (χ2v) is 5.13. The first-order valence-electron chi connectivity index (χ1n) is 6.24. The first kappa shape index (κ1) is 14.1. The summed E-state index contributed by atoms with van der Waals surface area (Å²) >= 11 is 0. The van der Waals surface area contributed by atoms with Crippen LogP contribution in [0.1, 0.15) is 39.4 Å². The summed E-state index contributed by atoms with van der Waals surface area (Å²) in [6.45, 7) is 11.7.